The minimum absolute atomic E-state index is 0.385. The molecular weight excluding hydrogens is 284 g/mol. The summed E-state index contributed by atoms with van der Waals surface area (Å²) >= 11 is 0. The SMILES string of the molecule is COc1ccccc1OCCN1CCCC(CNC(=O)O)C1. The van der Waals surface area contributed by atoms with E-state index in [2.05, 4.69) is 10.2 Å². The summed E-state index contributed by atoms with van der Waals surface area (Å²) in [6.07, 6.45) is 1.22. The van der Waals surface area contributed by atoms with E-state index in [9.17, 15) is 4.79 Å². The van der Waals surface area contributed by atoms with Crippen LogP contribution in [-0.2, 0) is 0 Å². The van der Waals surface area contributed by atoms with Crippen LogP contribution in [0.2, 0.25) is 0 Å². The molecular formula is C16H24N2O4. The summed E-state index contributed by atoms with van der Waals surface area (Å²) in [6.45, 7) is 3.91. The Morgan fingerprint density at radius 2 is 2.18 bits per heavy atom. The number of methoxy groups -OCH3 is 1. The number of benzene rings is 1. The maximum Gasteiger partial charge on any atom is 0.404 e. The predicted octanol–water partition coefficient (Wildman–Crippen LogP) is 2.05. The first-order valence-electron chi connectivity index (χ1n) is 7.64. The molecule has 0 aromatic heterocycles. The number of ether oxygens (including phenoxy) is 2. The second kappa shape index (κ2) is 8.48. The summed E-state index contributed by atoms with van der Waals surface area (Å²) < 4.78 is 11.0. The summed E-state index contributed by atoms with van der Waals surface area (Å²) in [4.78, 5) is 12.9. The van der Waals surface area contributed by atoms with Gasteiger partial charge in [-0.05, 0) is 37.4 Å². The van der Waals surface area contributed by atoms with Crippen LogP contribution < -0.4 is 14.8 Å². The molecule has 1 saturated heterocycles. The zero-order chi connectivity index (χ0) is 15.8. The third-order valence-corrected chi connectivity index (χ3v) is 3.88. The second-order valence-electron chi connectivity index (χ2n) is 5.49. The number of para-hydroxylation sites is 2. The molecule has 1 aliphatic rings. The minimum Gasteiger partial charge on any atom is -0.493 e. The van der Waals surface area contributed by atoms with Crippen molar-refractivity contribution in [2.24, 2.45) is 5.92 Å². The van der Waals surface area contributed by atoms with Crippen molar-refractivity contribution in [2.75, 3.05) is 39.9 Å². The monoisotopic (exact) mass is 308 g/mol. The lowest BCUT2D eigenvalue weighted by atomic mass is 9.98. The van der Waals surface area contributed by atoms with E-state index in [0.717, 1.165) is 44.0 Å². The van der Waals surface area contributed by atoms with E-state index < -0.39 is 6.09 Å². The highest BCUT2D eigenvalue weighted by Gasteiger charge is 2.20. The maximum atomic E-state index is 10.6. The van der Waals surface area contributed by atoms with Crippen LogP contribution in [-0.4, -0.2) is 56.0 Å². The van der Waals surface area contributed by atoms with Crippen molar-refractivity contribution >= 4 is 6.09 Å². The van der Waals surface area contributed by atoms with Gasteiger partial charge < -0.3 is 19.9 Å². The molecule has 1 aliphatic heterocycles. The maximum absolute atomic E-state index is 10.6. The van der Waals surface area contributed by atoms with E-state index in [-0.39, 0.29) is 0 Å². The van der Waals surface area contributed by atoms with Crippen molar-refractivity contribution in [1.82, 2.24) is 10.2 Å². The summed E-state index contributed by atoms with van der Waals surface area (Å²) in [6, 6.07) is 7.61. The smallest absolute Gasteiger partial charge is 0.404 e. The molecule has 6 nitrogen and oxygen atoms in total. The standard InChI is InChI=1S/C16H24N2O4/c1-21-14-6-2-3-7-15(14)22-10-9-18-8-4-5-13(12-18)11-17-16(19)20/h2-3,6-7,13,17H,4-5,8-12H2,1H3,(H,19,20). The topological polar surface area (TPSA) is 71.0 Å². The third-order valence-electron chi connectivity index (χ3n) is 3.88. The van der Waals surface area contributed by atoms with E-state index in [1.807, 2.05) is 24.3 Å². The molecule has 1 aromatic carbocycles. The van der Waals surface area contributed by atoms with Crippen LogP contribution in [0.5, 0.6) is 11.5 Å². The second-order valence-corrected chi connectivity index (χ2v) is 5.49. The van der Waals surface area contributed by atoms with Crippen LogP contribution in [0.25, 0.3) is 0 Å². The first-order chi connectivity index (χ1) is 10.7. The van der Waals surface area contributed by atoms with Crippen LogP contribution in [0.4, 0.5) is 4.79 Å². The molecule has 1 heterocycles. The van der Waals surface area contributed by atoms with Gasteiger partial charge in [0, 0.05) is 19.6 Å². The Morgan fingerprint density at radius 1 is 1.41 bits per heavy atom. The molecule has 2 rings (SSSR count). The van der Waals surface area contributed by atoms with Gasteiger partial charge in [0.05, 0.1) is 7.11 Å². The minimum atomic E-state index is -0.948. The average molecular weight is 308 g/mol. The highest BCUT2D eigenvalue weighted by Crippen LogP contribution is 2.25. The van der Waals surface area contributed by atoms with Crippen molar-refractivity contribution in [1.29, 1.82) is 0 Å². The van der Waals surface area contributed by atoms with Crippen LogP contribution in [0, 0.1) is 5.92 Å². The largest absolute Gasteiger partial charge is 0.493 e. The molecule has 2 N–H and O–H groups in total. The van der Waals surface area contributed by atoms with Crippen molar-refractivity contribution in [3.63, 3.8) is 0 Å². The third kappa shape index (κ3) is 5.11. The van der Waals surface area contributed by atoms with Gasteiger partial charge >= 0.3 is 6.09 Å². The molecule has 0 aliphatic carbocycles. The van der Waals surface area contributed by atoms with E-state index in [4.69, 9.17) is 14.6 Å². The normalized spacial score (nSPS) is 18.7. The van der Waals surface area contributed by atoms with Crippen molar-refractivity contribution < 1.29 is 19.4 Å². The zero-order valence-electron chi connectivity index (χ0n) is 13.0. The first kappa shape index (κ1) is 16.4. The summed E-state index contributed by atoms with van der Waals surface area (Å²) in [5.41, 5.74) is 0. The summed E-state index contributed by atoms with van der Waals surface area (Å²) in [5, 5.41) is 11.1. The Labute approximate surface area is 131 Å². The molecule has 0 bridgehead atoms. The van der Waals surface area contributed by atoms with E-state index in [1.54, 1.807) is 7.11 Å². The number of nitrogens with one attached hydrogen (secondary N) is 1. The molecule has 1 amide bonds. The Morgan fingerprint density at radius 3 is 2.91 bits per heavy atom. The Bertz CT molecular complexity index is 481. The molecule has 122 valence electrons. The number of carboxylic acid groups (broad SMARTS) is 1. The van der Waals surface area contributed by atoms with Gasteiger partial charge in [-0.1, -0.05) is 12.1 Å². The molecule has 1 atom stereocenters. The van der Waals surface area contributed by atoms with Crippen LogP contribution >= 0.6 is 0 Å². The molecule has 6 heteroatoms. The Kier molecular flexibility index (Phi) is 6.33. The van der Waals surface area contributed by atoms with Gasteiger partial charge in [0.15, 0.2) is 11.5 Å². The van der Waals surface area contributed by atoms with Crippen LogP contribution in [0.15, 0.2) is 24.3 Å². The molecule has 0 spiro atoms. The number of likely N-dealkylation sites (tertiary alicyclic amines) is 1. The lowest BCUT2D eigenvalue weighted by Gasteiger charge is -2.32. The van der Waals surface area contributed by atoms with E-state index in [0.29, 0.717) is 19.1 Å². The zero-order valence-corrected chi connectivity index (χ0v) is 13.0. The fraction of sp³-hybridized carbons (Fsp3) is 0.562. The van der Waals surface area contributed by atoms with Crippen molar-refractivity contribution in [3.8, 4) is 11.5 Å². The number of amides is 1. The fourth-order valence-electron chi connectivity index (χ4n) is 2.78. The predicted molar refractivity (Wildman–Crippen MR) is 83.7 cm³/mol. The van der Waals surface area contributed by atoms with Gasteiger partial charge in [0.1, 0.15) is 6.61 Å². The number of rotatable bonds is 7. The van der Waals surface area contributed by atoms with E-state index in [1.165, 1.54) is 0 Å². The molecule has 1 unspecified atom stereocenters. The van der Waals surface area contributed by atoms with Gasteiger partial charge in [-0.25, -0.2) is 4.79 Å². The van der Waals surface area contributed by atoms with Crippen molar-refractivity contribution in [3.05, 3.63) is 24.3 Å². The van der Waals surface area contributed by atoms with Gasteiger partial charge in [-0.3, -0.25) is 4.90 Å². The van der Waals surface area contributed by atoms with E-state index >= 15 is 0 Å². The average Bonchev–Trinajstić information content (AvgIpc) is 2.54. The van der Waals surface area contributed by atoms with Crippen LogP contribution in [0.1, 0.15) is 12.8 Å². The Balaban J connectivity index is 1.73. The number of carbonyl (C=O) groups is 1. The molecule has 0 saturated carbocycles. The lowest BCUT2D eigenvalue weighted by molar-refractivity contribution is 0.141. The highest BCUT2D eigenvalue weighted by atomic mass is 16.5. The number of hydrogen-bond donors (Lipinski definition) is 2. The number of hydrogen-bond acceptors (Lipinski definition) is 4. The Hall–Kier alpha value is -1.95. The van der Waals surface area contributed by atoms with Gasteiger partial charge in [-0.15, -0.1) is 0 Å². The summed E-state index contributed by atoms with van der Waals surface area (Å²) in [7, 11) is 1.63. The van der Waals surface area contributed by atoms with Gasteiger partial charge in [0.2, 0.25) is 0 Å². The fourth-order valence-corrected chi connectivity index (χ4v) is 2.78. The summed E-state index contributed by atoms with van der Waals surface area (Å²) in [5.74, 6) is 1.88. The lowest BCUT2D eigenvalue weighted by Crippen LogP contribution is -2.42. The van der Waals surface area contributed by atoms with Gasteiger partial charge in [0.25, 0.3) is 0 Å². The molecule has 22 heavy (non-hydrogen) atoms. The highest BCUT2D eigenvalue weighted by molar-refractivity contribution is 5.64. The van der Waals surface area contributed by atoms with Crippen molar-refractivity contribution in [2.45, 2.75) is 12.8 Å². The first-order valence-corrected chi connectivity index (χ1v) is 7.64. The molecule has 0 radical (unpaired) electrons. The molecule has 1 fully saturated rings. The number of nitrogens with zero attached hydrogens (tertiary/aromatic N) is 1. The van der Waals surface area contributed by atoms with Crippen LogP contribution in [0.3, 0.4) is 0 Å². The quantitative estimate of drug-likeness (QED) is 0.807. The van der Waals surface area contributed by atoms with Gasteiger partial charge in [-0.2, -0.15) is 0 Å². The number of piperidine rings is 1. The molecule has 1 aromatic rings.